The topological polar surface area (TPSA) is 147 Å². The molecule has 12 rings (SSSR count). The molecule has 0 aromatic heterocycles. The van der Waals surface area contributed by atoms with Crippen LogP contribution >= 0.6 is 0 Å². The standard InChI is InChI=1S/C26H32N2O2.C26H32N2O.C14H17NO3.C12H15N/c1-19(16-20-6-4-3-5-7-20)24-17-25(24)27-23-12-14-28(15-13-23)18-21-8-10-22(11-9-21)26(29)30-2;1-19(16-21-6-4-3-5-7-21)25-17-26(25)27-24-12-14-28(15-13-24)18-22-8-10-23(11-9-22)20(2)29;1-18-14(17)12-4-2-11(3-5-12)10-15-8-6-13(16)7-9-15;1-9(11-8-12(11)13)7-10-5-3-2-4-6-10/h3-11,16,23-25,27H,12-15,17-18H2,1-2H3;3-11,16,24-27H,12-15,17-18H2,1-2H3;2-5H,6-10H2,1H3;2-7,11-12H,8,13H2,1H3/b2*19-16+;;9-7+/t24-,25+;25-,26+;;11-,12+/m00.0/s1. The van der Waals surface area contributed by atoms with Gasteiger partial charge in [0.2, 0.25) is 0 Å². The van der Waals surface area contributed by atoms with Crippen LogP contribution in [0.5, 0.6) is 0 Å². The van der Waals surface area contributed by atoms with Crippen LogP contribution in [0.1, 0.15) is 150 Å². The zero-order chi connectivity index (χ0) is 63.4. The van der Waals surface area contributed by atoms with Gasteiger partial charge in [0.1, 0.15) is 5.78 Å². The van der Waals surface area contributed by atoms with Gasteiger partial charge in [0.15, 0.2) is 5.78 Å². The van der Waals surface area contributed by atoms with Crippen LogP contribution in [-0.2, 0) is 33.9 Å². The molecule has 474 valence electrons. The first-order valence-corrected chi connectivity index (χ1v) is 32.8. The lowest BCUT2D eigenvalue weighted by Gasteiger charge is -2.32. The second kappa shape index (κ2) is 33.6. The smallest absolute Gasteiger partial charge is 0.337 e. The molecule has 12 heteroatoms. The van der Waals surface area contributed by atoms with Crippen LogP contribution in [0.2, 0.25) is 0 Å². The van der Waals surface area contributed by atoms with Gasteiger partial charge in [0.25, 0.3) is 0 Å². The Kier molecular flexibility index (Phi) is 25.0. The highest BCUT2D eigenvalue weighted by Gasteiger charge is 2.41. The number of ether oxygens (including phenoxy) is 2. The molecule has 0 bridgehead atoms. The zero-order valence-electron chi connectivity index (χ0n) is 54.0. The van der Waals surface area contributed by atoms with Crippen molar-refractivity contribution in [1.29, 1.82) is 0 Å². The minimum absolute atomic E-state index is 0.135. The Morgan fingerprint density at radius 3 is 1.07 bits per heavy atom. The highest BCUT2D eigenvalue weighted by atomic mass is 16.5. The van der Waals surface area contributed by atoms with Gasteiger partial charge in [-0.05, 0) is 174 Å². The van der Waals surface area contributed by atoms with E-state index in [9.17, 15) is 19.2 Å². The van der Waals surface area contributed by atoms with Gasteiger partial charge in [0.05, 0.1) is 25.3 Å². The van der Waals surface area contributed by atoms with Crippen molar-refractivity contribution in [3.05, 3.63) is 231 Å². The number of benzene rings is 6. The first-order valence-electron chi connectivity index (χ1n) is 32.8. The lowest BCUT2D eigenvalue weighted by molar-refractivity contribution is -0.121. The van der Waals surface area contributed by atoms with Crippen molar-refractivity contribution < 1.29 is 28.7 Å². The Morgan fingerprint density at radius 2 is 0.756 bits per heavy atom. The molecular weight excluding hydrogens is 1120 g/mol. The highest BCUT2D eigenvalue weighted by molar-refractivity contribution is 5.94. The number of piperidine rings is 3. The van der Waals surface area contributed by atoms with Crippen molar-refractivity contribution in [2.24, 2.45) is 23.5 Å². The van der Waals surface area contributed by atoms with Crippen molar-refractivity contribution >= 4 is 41.7 Å². The average molecular weight is 1210 g/mol. The van der Waals surface area contributed by atoms with Gasteiger partial charge in [-0.1, -0.05) is 174 Å². The number of likely N-dealkylation sites (tertiary alicyclic amines) is 3. The highest BCUT2D eigenvalue weighted by Crippen LogP contribution is 2.40. The van der Waals surface area contributed by atoms with E-state index in [4.69, 9.17) is 10.5 Å². The molecule has 0 unspecified atom stereocenters. The number of hydrogen-bond donors (Lipinski definition) is 3. The summed E-state index contributed by atoms with van der Waals surface area (Å²) in [5.74, 6) is 1.93. The zero-order valence-corrected chi connectivity index (χ0v) is 54.0. The van der Waals surface area contributed by atoms with E-state index in [0.29, 0.717) is 77.7 Å². The Balaban J connectivity index is 0.000000149. The molecule has 0 spiro atoms. The number of nitrogens with two attached hydrogens (primary N) is 1. The van der Waals surface area contributed by atoms with E-state index < -0.39 is 0 Å². The van der Waals surface area contributed by atoms with Crippen LogP contribution in [0, 0.1) is 17.8 Å². The van der Waals surface area contributed by atoms with Crippen molar-refractivity contribution in [2.45, 2.75) is 135 Å². The molecule has 4 N–H and O–H groups in total. The first kappa shape index (κ1) is 67.0. The van der Waals surface area contributed by atoms with Crippen LogP contribution < -0.4 is 16.4 Å². The molecule has 6 fully saturated rings. The minimum Gasteiger partial charge on any atom is -0.465 e. The fourth-order valence-electron chi connectivity index (χ4n) is 12.7. The van der Waals surface area contributed by atoms with E-state index in [1.807, 2.05) is 54.6 Å². The summed E-state index contributed by atoms with van der Waals surface area (Å²) in [6.07, 6.45) is 16.8. The van der Waals surface area contributed by atoms with Crippen LogP contribution in [0.25, 0.3) is 18.2 Å². The normalized spacial score (nSPS) is 22.3. The predicted octanol–water partition coefficient (Wildman–Crippen LogP) is 13.5. The summed E-state index contributed by atoms with van der Waals surface area (Å²) in [6, 6.07) is 57.9. The molecule has 3 heterocycles. The third kappa shape index (κ3) is 21.4. The fourth-order valence-corrected chi connectivity index (χ4v) is 12.7. The number of rotatable bonds is 19. The maximum absolute atomic E-state index is 11.6. The van der Waals surface area contributed by atoms with Gasteiger partial charge in [-0.25, -0.2) is 9.59 Å². The van der Waals surface area contributed by atoms with Gasteiger partial charge >= 0.3 is 11.9 Å². The van der Waals surface area contributed by atoms with Crippen molar-refractivity contribution in [3.8, 4) is 0 Å². The maximum atomic E-state index is 11.6. The third-order valence-corrected chi connectivity index (χ3v) is 18.6. The van der Waals surface area contributed by atoms with Crippen LogP contribution in [-0.4, -0.2) is 122 Å². The average Bonchev–Trinajstić information content (AvgIpc) is 2.00. The summed E-state index contributed by atoms with van der Waals surface area (Å²) in [5, 5.41) is 7.81. The number of nitrogens with one attached hydrogen (secondary N) is 2. The van der Waals surface area contributed by atoms with Gasteiger partial charge in [-0.15, -0.1) is 0 Å². The van der Waals surface area contributed by atoms with Crippen LogP contribution in [0.3, 0.4) is 0 Å². The Bertz CT molecular complexity index is 3320. The van der Waals surface area contributed by atoms with E-state index >= 15 is 0 Å². The van der Waals surface area contributed by atoms with E-state index in [1.165, 1.54) is 97.3 Å². The van der Waals surface area contributed by atoms with Gasteiger partial charge in [-0.3, -0.25) is 24.3 Å². The summed E-state index contributed by atoms with van der Waals surface area (Å²) in [4.78, 5) is 52.7. The quantitative estimate of drug-likeness (QED) is 0.0524. The number of ketones is 2. The van der Waals surface area contributed by atoms with Crippen molar-refractivity contribution in [1.82, 2.24) is 25.3 Å². The molecule has 90 heavy (non-hydrogen) atoms. The Hall–Kier alpha value is -7.42. The molecular formula is C78H96N6O6. The monoisotopic (exact) mass is 1210 g/mol. The molecule has 12 nitrogen and oxygen atoms in total. The number of carbonyl (C=O) groups excluding carboxylic acids is 4. The van der Waals surface area contributed by atoms with E-state index in [-0.39, 0.29) is 17.7 Å². The summed E-state index contributed by atoms with van der Waals surface area (Å²) < 4.78 is 9.42. The lowest BCUT2D eigenvalue weighted by atomic mass is 10.0. The molecule has 3 saturated heterocycles. The number of esters is 2. The molecule has 6 atom stereocenters. The van der Waals surface area contributed by atoms with Gasteiger partial charge in [-0.2, -0.15) is 0 Å². The fraction of sp³-hybridized carbons (Fsp3) is 0.410. The van der Waals surface area contributed by atoms with Crippen molar-refractivity contribution in [3.63, 3.8) is 0 Å². The number of carbonyl (C=O) groups is 4. The number of Topliss-reactive ketones (excluding diaryl/α,β-unsaturated/α-hetero) is 2. The maximum Gasteiger partial charge on any atom is 0.337 e. The van der Waals surface area contributed by atoms with Crippen LogP contribution in [0.15, 0.2) is 181 Å². The first-order chi connectivity index (χ1) is 43.7. The van der Waals surface area contributed by atoms with Crippen molar-refractivity contribution in [2.75, 3.05) is 53.5 Å². The SMILES string of the molecule is C/C(=C\c1ccccc1)[C@@H]1C[C@H]1N.CC(=O)c1ccc(CN2CCC(N[C@@H]3C[C@H]3/C(C)=C/c3ccccc3)CC2)cc1.COC(=O)c1ccc(CN2CCC(=O)CC2)cc1.COC(=O)c1ccc(CN2CCC(N[C@@H]3C[C@H]3/C(C)=C/c3ccccc3)CC2)cc1. The summed E-state index contributed by atoms with van der Waals surface area (Å²) in [7, 11) is 2.79. The number of hydrogen-bond acceptors (Lipinski definition) is 12. The predicted molar refractivity (Wildman–Crippen MR) is 365 cm³/mol. The molecule has 6 aromatic carbocycles. The molecule has 3 saturated carbocycles. The van der Waals surface area contributed by atoms with Gasteiger partial charge in [0, 0.05) is 81.3 Å². The molecule has 3 aliphatic carbocycles. The van der Waals surface area contributed by atoms with Gasteiger partial charge < -0.3 is 25.8 Å². The lowest BCUT2D eigenvalue weighted by Crippen LogP contribution is -2.43. The van der Waals surface area contributed by atoms with E-state index in [0.717, 1.165) is 76.5 Å². The van der Waals surface area contributed by atoms with E-state index in [2.05, 4.69) is 166 Å². The molecule has 0 radical (unpaired) electrons. The molecule has 6 aliphatic rings. The third-order valence-electron chi connectivity index (χ3n) is 18.6. The second-order valence-corrected chi connectivity index (χ2v) is 25.7. The summed E-state index contributed by atoms with van der Waals surface area (Å²) >= 11 is 0. The Morgan fingerprint density at radius 1 is 0.444 bits per heavy atom. The van der Waals surface area contributed by atoms with Crippen LogP contribution in [0.4, 0.5) is 0 Å². The minimum atomic E-state index is -0.315. The Labute approximate surface area is 536 Å². The number of nitrogens with zero attached hydrogens (tertiary/aromatic N) is 3. The second-order valence-electron chi connectivity index (χ2n) is 25.7. The largest absolute Gasteiger partial charge is 0.465 e. The molecule has 6 aromatic rings. The molecule has 3 aliphatic heterocycles. The number of methoxy groups -OCH3 is 2. The van der Waals surface area contributed by atoms with E-state index in [1.54, 1.807) is 19.1 Å². The summed E-state index contributed by atoms with van der Waals surface area (Å²) in [5.41, 5.74) is 19.7. The molecule has 0 amide bonds. The summed E-state index contributed by atoms with van der Waals surface area (Å²) in [6.45, 7) is 17.3.